The van der Waals surface area contributed by atoms with Gasteiger partial charge in [0, 0.05) is 35.9 Å². The molecule has 1 fully saturated rings. The van der Waals surface area contributed by atoms with E-state index < -0.39 is 15.4 Å². The van der Waals surface area contributed by atoms with Gasteiger partial charge in [-0.25, -0.2) is 8.42 Å². The lowest BCUT2D eigenvalue weighted by Gasteiger charge is -2.41. The van der Waals surface area contributed by atoms with E-state index in [0.29, 0.717) is 24.4 Å². The van der Waals surface area contributed by atoms with E-state index in [4.69, 9.17) is 11.6 Å². The van der Waals surface area contributed by atoms with Gasteiger partial charge >= 0.3 is 0 Å². The molecule has 3 rings (SSSR count). The number of pyridine rings is 1. The molecule has 0 unspecified atom stereocenters. The SMILES string of the molecule is O=S(=O)(c1cccnc1)N1CCC[C@@](CO)(Cc2cccc(Cl)c2)C1. The molecule has 1 aromatic heterocycles. The second kappa shape index (κ2) is 7.41. The Labute approximate surface area is 153 Å². The summed E-state index contributed by atoms with van der Waals surface area (Å²) in [5.74, 6) is 0. The molecule has 1 atom stereocenters. The molecule has 1 saturated heterocycles. The van der Waals surface area contributed by atoms with Crippen LogP contribution in [0.25, 0.3) is 0 Å². The molecular formula is C18H21ClN2O3S. The smallest absolute Gasteiger partial charge is 0.244 e. The van der Waals surface area contributed by atoms with Gasteiger partial charge in [0.2, 0.25) is 10.0 Å². The van der Waals surface area contributed by atoms with Gasteiger partial charge in [0.1, 0.15) is 4.90 Å². The van der Waals surface area contributed by atoms with Crippen molar-refractivity contribution < 1.29 is 13.5 Å². The number of piperidine rings is 1. The quantitative estimate of drug-likeness (QED) is 0.865. The molecule has 0 saturated carbocycles. The average Bonchev–Trinajstić information content (AvgIpc) is 2.62. The van der Waals surface area contributed by atoms with Crippen LogP contribution >= 0.6 is 11.6 Å². The van der Waals surface area contributed by atoms with Crippen molar-refractivity contribution in [1.29, 1.82) is 0 Å². The number of hydrogen-bond donors (Lipinski definition) is 1. The highest BCUT2D eigenvalue weighted by atomic mass is 35.5. The van der Waals surface area contributed by atoms with Crippen molar-refractivity contribution in [2.24, 2.45) is 5.41 Å². The van der Waals surface area contributed by atoms with Gasteiger partial charge in [-0.05, 0) is 49.1 Å². The zero-order valence-electron chi connectivity index (χ0n) is 13.8. The topological polar surface area (TPSA) is 70.5 Å². The monoisotopic (exact) mass is 380 g/mol. The lowest BCUT2D eigenvalue weighted by atomic mass is 9.76. The second-order valence-corrected chi connectivity index (χ2v) is 8.97. The Balaban J connectivity index is 1.85. The fraction of sp³-hybridized carbons (Fsp3) is 0.389. The molecule has 0 spiro atoms. The number of rotatable bonds is 5. The van der Waals surface area contributed by atoms with Gasteiger partial charge in [-0.15, -0.1) is 0 Å². The van der Waals surface area contributed by atoms with Crippen molar-refractivity contribution in [3.63, 3.8) is 0 Å². The molecule has 2 heterocycles. The minimum absolute atomic E-state index is 0.0709. The zero-order valence-corrected chi connectivity index (χ0v) is 15.4. The first-order valence-electron chi connectivity index (χ1n) is 8.21. The predicted molar refractivity (Wildman–Crippen MR) is 96.9 cm³/mol. The Morgan fingerprint density at radius 1 is 1.28 bits per heavy atom. The van der Waals surface area contributed by atoms with Crippen molar-refractivity contribution in [1.82, 2.24) is 9.29 Å². The molecule has 0 aliphatic carbocycles. The van der Waals surface area contributed by atoms with Crippen LogP contribution in [0.1, 0.15) is 18.4 Å². The third-order valence-corrected chi connectivity index (χ3v) is 6.77. The maximum atomic E-state index is 12.9. The van der Waals surface area contributed by atoms with Crippen LogP contribution in [0, 0.1) is 5.41 Å². The van der Waals surface area contributed by atoms with Gasteiger partial charge < -0.3 is 5.11 Å². The predicted octanol–water partition coefficient (Wildman–Crippen LogP) is 2.74. The van der Waals surface area contributed by atoms with Crippen molar-refractivity contribution in [3.05, 3.63) is 59.4 Å². The van der Waals surface area contributed by atoms with Crippen LogP contribution in [-0.4, -0.2) is 42.5 Å². The average molecular weight is 381 g/mol. The number of nitrogens with zero attached hydrogens (tertiary/aromatic N) is 2. The van der Waals surface area contributed by atoms with Gasteiger partial charge in [0.25, 0.3) is 0 Å². The molecule has 7 heteroatoms. The highest BCUT2D eigenvalue weighted by Gasteiger charge is 2.40. The van der Waals surface area contributed by atoms with Gasteiger partial charge in [-0.1, -0.05) is 23.7 Å². The first-order valence-corrected chi connectivity index (χ1v) is 10.0. The zero-order chi connectivity index (χ0) is 17.9. The van der Waals surface area contributed by atoms with E-state index in [1.807, 2.05) is 18.2 Å². The van der Waals surface area contributed by atoms with Crippen LogP contribution in [0.15, 0.2) is 53.7 Å². The number of sulfonamides is 1. The first kappa shape index (κ1) is 18.3. The van der Waals surface area contributed by atoms with E-state index in [2.05, 4.69) is 4.98 Å². The Morgan fingerprint density at radius 2 is 2.12 bits per heavy atom. The van der Waals surface area contributed by atoms with Crippen LogP contribution in [0.2, 0.25) is 5.02 Å². The minimum Gasteiger partial charge on any atom is -0.396 e. The molecule has 2 aromatic rings. The maximum absolute atomic E-state index is 12.9. The van der Waals surface area contributed by atoms with E-state index >= 15 is 0 Å². The first-order chi connectivity index (χ1) is 12.0. The molecule has 1 aliphatic heterocycles. The van der Waals surface area contributed by atoms with Gasteiger partial charge in [0.05, 0.1) is 6.61 Å². The van der Waals surface area contributed by atoms with Gasteiger partial charge in [-0.3, -0.25) is 4.98 Å². The number of aliphatic hydroxyl groups excluding tert-OH is 1. The van der Waals surface area contributed by atoms with Gasteiger partial charge in [-0.2, -0.15) is 4.31 Å². The van der Waals surface area contributed by atoms with Crippen molar-refractivity contribution in [2.45, 2.75) is 24.2 Å². The summed E-state index contributed by atoms with van der Waals surface area (Å²) in [6.07, 6.45) is 4.98. The molecule has 25 heavy (non-hydrogen) atoms. The molecule has 1 N–H and O–H groups in total. The number of hydrogen-bond acceptors (Lipinski definition) is 4. The summed E-state index contributed by atoms with van der Waals surface area (Å²) < 4.78 is 27.2. The van der Waals surface area contributed by atoms with E-state index in [1.165, 1.54) is 10.5 Å². The van der Waals surface area contributed by atoms with Crippen molar-refractivity contribution >= 4 is 21.6 Å². The fourth-order valence-corrected chi connectivity index (χ4v) is 5.19. The second-order valence-electron chi connectivity index (χ2n) is 6.60. The van der Waals surface area contributed by atoms with Crippen molar-refractivity contribution in [3.8, 4) is 0 Å². The third kappa shape index (κ3) is 4.03. The Hall–Kier alpha value is -1.47. The van der Waals surface area contributed by atoms with E-state index in [-0.39, 0.29) is 18.0 Å². The molecule has 1 aliphatic rings. The van der Waals surface area contributed by atoms with Crippen LogP contribution < -0.4 is 0 Å². The minimum atomic E-state index is -3.61. The largest absolute Gasteiger partial charge is 0.396 e. The number of halogens is 1. The maximum Gasteiger partial charge on any atom is 0.244 e. The molecule has 0 bridgehead atoms. The van der Waals surface area contributed by atoms with Crippen LogP contribution in [0.4, 0.5) is 0 Å². The summed E-state index contributed by atoms with van der Waals surface area (Å²) in [6, 6.07) is 10.7. The fourth-order valence-electron chi connectivity index (χ4n) is 3.43. The van der Waals surface area contributed by atoms with E-state index in [0.717, 1.165) is 12.0 Å². The number of benzene rings is 1. The highest BCUT2D eigenvalue weighted by molar-refractivity contribution is 7.89. The number of aliphatic hydroxyl groups is 1. The normalized spacial score (nSPS) is 22.0. The molecule has 5 nitrogen and oxygen atoms in total. The summed E-state index contributed by atoms with van der Waals surface area (Å²) in [7, 11) is -3.61. The van der Waals surface area contributed by atoms with Crippen LogP contribution in [-0.2, 0) is 16.4 Å². The Morgan fingerprint density at radius 3 is 2.80 bits per heavy atom. The standard InChI is InChI=1S/C18H21ClN2O3S/c19-16-5-1-4-15(10-16)11-18(14-22)7-3-9-21(13-18)25(23,24)17-6-2-8-20-12-17/h1-2,4-6,8,10,12,22H,3,7,9,11,13-14H2/t18-/m1/s1. The van der Waals surface area contributed by atoms with Crippen molar-refractivity contribution in [2.75, 3.05) is 19.7 Å². The van der Waals surface area contributed by atoms with Gasteiger partial charge in [0.15, 0.2) is 0 Å². The number of aromatic nitrogens is 1. The lowest BCUT2D eigenvalue weighted by Crippen LogP contribution is -2.48. The van der Waals surface area contributed by atoms with E-state index in [9.17, 15) is 13.5 Å². The Bertz CT molecular complexity index is 829. The summed E-state index contributed by atoms with van der Waals surface area (Å²) in [5.41, 5.74) is 0.500. The summed E-state index contributed by atoms with van der Waals surface area (Å²) in [6.45, 7) is 0.667. The molecule has 0 amide bonds. The molecule has 0 radical (unpaired) electrons. The molecule has 134 valence electrons. The molecule has 1 aromatic carbocycles. The molecular weight excluding hydrogens is 360 g/mol. The summed E-state index contributed by atoms with van der Waals surface area (Å²) >= 11 is 6.06. The van der Waals surface area contributed by atoms with Crippen LogP contribution in [0.5, 0.6) is 0 Å². The van der Waals surface area contributed by atoms with E-state index in [1.54, 1.807) is 24.4 Å². The summed E-state index contributed by atoms with van der Waals surface area (Å²) in [5, 5.41) is 10.7. The highest BCUT2D eigenvalue weighted by Crippen LogP contribution is 2.36. The Kier molecular flexibility index (Phi) is 5.43. The van der Waals surface area contributed by atoms with Crippen LogP contribution in [0.3, 0.4) is 0 Å². The lowest BCUT2D eigenvalue weighted by molar-refractivity contribution is 0.0645. The summed E-state index contributed by atoms with van der Waals surface area (Å²) in [4.78, 5) is 4.10. The third-order valence-electron chi connectivity index (χ3n) is 4.70.